The Morgan fingerprint density at radius 2 is 2.38 bits per heavy atom. The van der Waals surface area contributed by atoms with Crippen LogP contribution in [-0.4, -0.2) is 13.2 Å². The van der Waals surface area contributed by atoms with Crippen molar-refractivity contribution in [1.82, 2.24) is 0 Å². The van der Waals surface area contributed by atoms with E-state index in [2.05, 4.69) is 13.0 Å². The Labute approximate surface area is 80.9 Å². The predicted molar refractivity (Wildman–Crippen MR) is 52.2 cm³/mol. The summed E-state index contributed by atoms with van der Waals surface area (Å²) < 4.78 is 5.31. The van der Waals surface area contributed by atoms with Crippen molar-refractivity contribution >= 4 is 0 Å². The molecule has 2 unspecified atom stereocenters. The van der Waals surface area contributed by atoms with Crippen LogP contribution >= 0.6 is 0 Å². The monoisotopic (exact) mass is 181 g/mol. The quantitative estimate of drug-likeness (QED) is 0.625. The molecular weight excluding hydrogens is 162 g/mol. The lowest BCUT2D eigenvalue weighted by Crippen LogP contribution is -2.17. The summed E-state index contributed by atoms with van der Waals surface area (Å²) in [7, 11) is 0. The van der Waals surface area contributed by atoms with Gasteiger partial charge in [0.15, 0.2) is 0 Å². The summed E-state index contributed by atoms with van der Waals surface area (Å²) in [6.07, 6.45) is 4.26. The summed E-state index contributed by atoms with van der Waals surface area (Å²) in [5.41, 5.74) is -0.0609. The van der Waals surface area contributed by atoms with Crippen LogP contribution < -0.4 is 0 Å². The van der Waals surface area contributed by atoms with E-state index in [1.54, 1.807) is 0 Å². The summed E-state index contributed by atoms with van der Waals surface area (Å²) >= 11 is 0. The zero-order valence-electron chi connectivity index (χ0n) is 8.68. The topological polar surface area (TPSA) is 33.0 Å². The van der Waals surface area contributed by atoms with E-state index >= 15 is 0 Å². The van der Waals surface area contributed by atoms with Gasteiger partial charge >= 0.3 is 0 Å². The molecule has 2 atom stereocenters. The van der Waals surface area contributed by atoms with Gasteiger partial charge in [-0.2, -0.15) is 5.26 Å². The summed E-state index contributed by atoms with van der Waals surface area (Å²) in [6, 6.07) is 2.49. The number of hydrogen-bond acceptors (Lipinski definition) is 2. The highest BCUT2D eigenvalue weighted by Crippen LogP contribution is 2.43. The summed E-state index contributed by atoms with van der Waals surface area (Å²) in [5.74, 6) is 0.723. The first-order valence-electron chi connectivity index (χ1n) is 5.21. The molecule has 13 heavy (non-hydrogen) atoms. The molecule has 0 heterocycles. The minimum Gasteiger partial charge on any atom is -0.382 e. The third-order valence-corrected chi connectivity index (χ3v) is 3.02. The molecule has 74 valence electrons. The summed E-state index contributed by atoms with van der Waals surface area (Å²) in [5, 5.41) is 9.13. The lowest BCUT2D eigenvalue weighted by molar-refractivity contribution is 0.119. The molecule has 0 aliphatic heterocycles. The first-order chi connectivity index (χ1) is 6.22. The van der Waals surface area contributed by atoms with Crippen molar-refractivity contribution in [3.05, 3.63) is 0 Å². The molecule has 0 aromatic heterocycles. The second kappa shape index (κ2) is 4.62. The largest absolute Gasteiger partial charge is 0.382 e. The molecule has 0 N–H and O–H groups in total. The molecule has 2 heteroatoms. The first kappa shape index (κ1) is 10.5. The Balaban J connectivity index is 2.38. The van der Waals surface area contributed by atoms with E-state index in [1.165, 1.54) is 6.42 Å². The lowest BCUT2D eigenvalue weighted by Gasteiger charge is -2.19. The molecule has 1 saturated carbocycles. The second-order valence-electron chi connectivity index (χ2n) is 4.19. The van der Waals surface area contributed by atoms with E-state index in [9.17, 15) is 0 Å². The van der Waals surface area contributed by atoms with Crippen LogP contribution in [0.3, 0.4) is 0 Å². The van der Waals surface area contributed by atoms with Gasteiger partial charge in [-0.3, -0.25) is 0 Å². The molecule has 1 aliphatic rings. The van der Waals surface area contributed by atoms with Crippen LogP contribution in [0, 0.1) is 22.7 Å². The standard InChI is InChI=1S/C11H19NO/c1-3-13-7-6-11(9-12)5-4-10(2)8-11/h10H,3-8H2,1-2H3. The van der Waals surface area contributed by atoms with E-state index < -0.39 is 0 Å². The van der Waals surface area contributed by atoms with Crippen LogP contribution in [0.2, 0.25) is 0 Å². The average Bonchev–Trinajstić information content (AvgIpc) is 2.49. The normalized spacial score (nSPS) is 33.2. The fourth-order valence-corrected chi connectivity index (χ4v) is 2.19. The second-order valence-corrected chi connectivity index (χ2v) is 4.19. The molecule has 0 radical (unpaired) electrons. The van der Waals surface area contributed by atoms with E-state index in [4.69, 9.17) is 10.00 Å². The summed E-state index contributed by atoms with van der Waals surface area (Å²) in [6.45, 7) is 5.74. The molecule has 1 fully saturated rings. The molecule has 2 nitrogen and oxygen atoms in total. The number of hydrogen-bond donors (Lipinski definition) is 0. The van der Waals surface area contributed by atoms with Gasteiger partial charge in [0, 0.05) is 13.2 Å². The van der Waals surface area contributed by atoms with Gasteiger partial charge < -0.3 is 4.74 Å². The molecule has 0 saturated heterocycles. The number of nitrogens with zero attached hydrogens (tertiary/aromatic N) is 1. The Kier molecular flexibility index (Phi) is 3.74. The number of ether oxygens (including phenoxy) is 1. The number of rotatable bonds is 4. The molecule has 0 amide bonds. The molecule has 1 aliphatic carbocycles. The minimum atomic E-state index is -0.0609. The minimum absolute atomic E-state index is 0.0609. The fourth-order valence-electron chi connectivity index (χ4n) is 2.19. The third-order valence-electron chi connectivity index (χ3n) is 3.02. The van der Waals surface area contributed by atoms with Crippen molar-refractivity contribution in [2.24, 2.45) is 11.3 Å². The molecule has 0 aromatic carbocycles. The fraction of sp³-hybridized carbons (Fsp3) is 0.909. The van der Waals surface area contributed by atoms with Gasteiger partial charge in [-0.15, -0.1) is 0 Å². The van der Waals surface area contributed by atoms with Crippen molar-refractivity contribution in [2.75, 3.05) is 13.2 Å². The van der Waals surface area contributed by atoms with Gasteiger partial charge in [0.25, 0.3) is 0 Å². The van der Waals surface area contributed by atoms with Crippen LogP contribution in [-0.2, 0) is 4.74 Å². The SMILES string of the molecule is CCOCCC1(C#N)CCC(C)C1. The van der Waals surface area contributed by atoms with Crippen molar-refractivity contribution in [2.45, 2.75) is 39.5 Å². The van der Waals surface area contributed by atoms with Gasteiger partial charge in [0.05, 0.1) is 11.5 Å². The third kappa shape index (κ3) is 2.70. The van der Waals surface area contributed by atoms with Crippen LogP contribution in [0.15, 0.2) is 0 Å². The van der Waals surface area contributed by atoms with Gasteiger partial charge in [-0.1, -0.05) is 6.92 Å². The van der Waals surface area contributed by atoms with E-state index in [0.717, 1.165) is 38.4 Å². The van der Waals surface area contributed by atoms with Gasteiger partial charge in [-0.05, 0) is 38.5 Å². The zero-order chi connectivity index (χ0) is 9.73. The van der Waals surface area contributed by atoms with Gasteiger partial charge in [0.1, 0.15) is 0 Å². The number of nitriles is 1. The van der Waals surface area contributed by atoms with Crippen LogP contribution in [0.5, 0.6) is 0 Å². The van der Waals surface area contributed by atoms with Crippen LogP contribution in [0.4, 0.5) is 0 Å². The van der Waals surface area contributed by atoms with E-state index in [0.29, 0.717) is 0 Å². The lowest BCUT2D eigenvalue weighted by atomic mass is 9.84. The highest BCUT2D eigenvalue weighted by molar-refractivity contribution is 5.03. The van der Waals surface area contributed by atoms with Gasteiger partial charge in [0.2, 0.25) is 0 Å². The summed E-state index contributed by atoms with van der Waals surface area (Å²) in [4.78, 5) is 0. The zero-order valence-corrected chi connectivity index (χ0v) is 8.68. The maximum Gasteiger partial charge on any atom is 0.0690 e. The van der Waals surface area contributed by atoms with Crippen molar-refractivity contribution in [1.29, 1.82) is 5.26 Å². The smallest absolute Gasteiger partial charge is 0.0690 e. The Hall–Kier alpha value is -0.550. The maximum absolute atomic E-state index is 9.13. The van der Waals surface area contributed by atoms with Crippen molar-refractivity contribution in [3.8, 4) is 6.07 Å². The molecule has 0 spiro atoms. The Bertz CT molecular complexity index is 197. The average molecular weight is 181 g/mol. The van der Waals surface area contributed by atoms with Gasteiger partial charge in [-0.25, -0.2) is 0 Å². The highest BCUT2D eigenvalue weighted by atomic mass is 16.5. The van der Waals surface area contributed by atoms with E-state index in [1.807, 2.05) is 6.92 Å². The molecule has 1 rings (SSSR count). The van der Waals surface area contributed by atoms with Crippen LogP contribution in [0.25, 0.3) is 0 Å². The molecule has 0 bridgehead atoms. The Morgan fingerprint density at radius 3 is 2.85 bits per heavy atom. The molecule has 0 aromatic rings. The van der Waals surface area contributed by atoms with E-state index in [-0.39, 0.29) is 5.41 Å². The Morgan fingerprint density at radius 1 is 1.62 bits per heavy atom. The van der Waals surface area contributed by atoms with Crippen LogP contribution in [0.1, 0.15) is 39.5 Å². The first-order valence-corrected chi connectivity index (χ1v) is 5.21. The highest BCUT2D eigenvalue weighted by Gasteiger charge is 2.37. The van der Waals surface area contributed by atoms with Crippen molar-refractivity contribution < 1.29 is 4.74 Å². The van der Waals surface area contributed by atoms with Crippen molar-refractivity contribution in [3.63, 3.8) is 0 Å². The molecular formula is C11H19NO. The predicted octanol–water partition coefficient (Wildman–Crippen LogP) is 2.74. The maximum atomic E-state index is 9.13.